The van der Waals surface area contributed by atoms with Gasteiger partial charge in [-0.1, -0.05) is 48.5 Å². The summed E-state index contributed by atoms with van der Waals surface area (Å²) in [6.45, 7) is 1.29. The Bertz CT molecular complexity index is 1210. The van der Waals surface area contributed by atoms with E-state index in [1.54, 1.807) is 48.5 Å². The summed E-state index contributed by atoms with van der Waals surface area (Å²) < 4.78 is 5.63. The highest BCUT2D eigenvalue weighted by atomic mass is 16.5. The zero-order chi connectivity index (χ0) is 24.8. The lowest BCUT2D eigenvalue weighted by atomic mass is 10.1. The Morgan fingerprint density at radius 3 is 2.20 bits per heavy atom. The fourth-order valence-corrected chi connectivity index (χ4v) is 3.92. The molecule has 0 aliphatic carbocycles. The Morgan fingerprint density at radius 1 is 0.943 bits per heavy atom. The Morgan fingerprint density at radius 2 is 1.57 bits per heavy atom. The van der Waals surface area contributed by atoms with E-state index in [4.69, 9.17) is 4.74 Å². The number of para-hydroxylation sites is 1. The molecule has 35 heavy (non-hydrogen) atoms. The SMILES string of the molecule is CC(=O)Nc1ccc(N2C(=O)CC(N(Cc3ccccc3)C(=O)COc3ccccc3)C2=O)cc1. The monoisotopic (exact) mass is 471 g/mol. The van der Waals surface area contributed by atoms with Crippen LogP contribution in [-0.2, 0) is 25.7 Å². The van der Waals surface area contributed by atoms with Crippen LogP contribution in [0.3, 0.4) is 0 Å². The first-order valence-electron chi connectivity index (χ1n) is 11.2. The summed E-state index contributed by atoms with van der Waals surface area (Å²) >= 11 is 0. The van der Waals surface area contributed by atoms with Crippen LogP contribution in [0.2, 0.25) is 0 Å². The molecule has 1 aliphatic rings. The summed E-state index contributed by atoms with van der Waals surface area (Å²) in [6, 6.07) is 23.7. The van der Waals surface area contributed by atoms with E-state index in [1.165, 1.54) is 11.8 Å². The molecule has 3 aromatic carbocycles. The number of hydrogen-bond acceptors (Lipinski definition) is 5. The van der Waals surface area contributed by atoms with Crippen molar-refractivity contribution in [1.29, 1.82) is 0 Å². The number of rotatable bonds is 8. The third-order valence-corrected chi connectivity index (χ3v) is 5.57. The van der Waals surface area contributed by atoms with E-state index in [1.807, 2.05) is 36.4 Å². The zero-order valence-electron chi connectivity index (χ0n) is 19.2. The molecule has 0 bridgehead atoms. The number of ether oxygens (including phenoxy) is 1. The predicted molar refractivity (Wildman–Crippen MR) is 131 cm³/mol. The van der Waals surface area contributed by atoms with Gasteiger partial charge in [0, 0.05) is 19.2 Å². The summed E-state index contributed by atoms with van der Waals surface area (Å²) in [5, 5.41) is 2.65. The Kier molecular flexibility index (Phi) is 7.21. The van der Waals surface area contributed by atoms with Crippen LogP contribution in [0.15, 0.2) is 84.9 Å². The minimum atomic E-state index is -0.954. The van der Waals surface area contributed by atoms with Gasteiger partial charge in [0.2, 0.25) is 11.8 Å². The van der Waals surface area contributed by atoms with Gasteiger partial charge in [0.15, 0.2) is 6.61 Å². The van der Waals surface area contributed by atoms with E-state index < -0.39 is 23.8 Å². The standard InChI is InChI=1S/C27H25N3O5/c1-19(31)28-21-12-14-22(15-13-21)30-25(32)16-24(27(30)34)29(17-20-8-4-2-5-9-20)26(33)18-35-23-10-6-3-7-11-23/h2-15,24H,16-18H2,1H3,(H,28,31). The molecule has 0 aromatic heterocycles. The van der Waals surface area contributed by atoms with Crippen molar-refractivity contribution in [3.05, 3.63) is 90.5 Å². The predicted octanol–water partition coefficient (Wildman–Crippen LogP) is 3.38. The number of carbonyl (C=O) groups is 4. The van der Waals surface area contributed by atoms with Gasteiger partial charge >= 0.3 is 0 Å². The van der Waals surface area contributed by atoms with Gasteiger partial charge in [-0.15, -0.1) is 0 Å². The molecule has 0 saturated carbocycles. The molecule has 178 valence electrons. The Hall–Kier alpha value is -4.46. The van der Waals surface area contributed by atoms with Gasteiger partial charge in [0.25, 0.3) is 11.8 Å². The molecule has 1 fully saturated rings. The van der Waals surface area contributed by atoms with Crippen LogP contribution < -0.4 is 15.0 Å². The summed E-state index contributed by atoms with van der Waals surface area (Å²) in [4.78, 5) is 53.3. The molecule has 0 spiro atoms. The number of carbonyl (C=O) groups excluding carboxylic acids is 4. The molecule has 1 aliphatic heterocycles. The second-order valence-electron chi connectivity index (χ2n) is 8.12. The number of nitrogens with zero attached hydrogens (tertiary/aromatic N) is 2. The first-order chi connectivity index (χ1) is 16.9. The van der Waals surface area contributed by atoms with Crippen molar-refractivity contribution in [2.75, 3.05) is 16.8 Å². The van der Waals surface area contributed by atoms with Gasteiger partial charge in [0.1, 0.15) is 11.8 Å². The van der Waals surface area contributed by atoms with Crippen LogP contribution >= 0.6 is 0 Å². The second-order valence-corrected chi connectivity index (χ2v) is 8.12. The molecule has 0 radical (unpaired) electrons. The minimum absolute atomic E-state index is 0.129. The highest BCUT2D eigenvalue weighted by Gasteiger charge is 2.44. The minimum Gasteiger partial charge on any atom is -0.484 e. The highest BCUT2D eigenvalue weighted by Crippen LogP contribution is 2.28. The van der Waals surface area contributed by atoms with Crippen LogP contribution in [-0.4, -0.2) is 41.2 Å². The molecule has 1 saturated heterocycles. The van der Waals surface area contributed by atoms with Crippen molar-refractivity contribution in [3.8, 4) is 5.75 Å². The van der Waals surface area contributed by atoms with Crippen molar-refractivity contribution < 1.29 is 23.9 Å². The van der Waals surface area contributed by atoms with E-state index in [0.717, 1.165) is 10.5 Å². The van der Waals surface area contributed by atoms with Crippen molar-refractivity contribution in [3.63, 3.8) is 0 Å². The lowest BCUT2D eigenvalue weighted by molar-refractivity contribution is -0.140. The first-order valence-corrected chi connectivity index (χ1v) is 11.2. The Balaban J connectivity index is 1.55. The number of amides is 4. The van der Waals surface area contributed by atoms with E-state index in [-0.39, 0.29) is 25.5 Å². The maximum absolute atomic E-state index is 13.4. The number of benzene rings is 3. The molecule has 1 N–H and O–H groups in total. The molecule has 1 heterocycles. The van der Waals surface area contributed by atoms with Crippen LogP contribution in [0.5, 0.6) is 5.75 Å². The smallest absolute Gasteiger partial charge is 0.261 e. The quantitative estimate of drug-likeness (QED) is 0.508. The van der Waals surface area contributed by atoms with E-state index in [0.29, 0.717) is 17.1 Å². The van der Waals surface area contributed by atoms with Crippen LogP contribution in [0.1, 0.15) is 18.9 Å². The fraction of sp³-hybridized carbons (Fsp3) is 0.185. The average molecular weight is 472 g/mol. The fourth-order valence-electron chi connectivity index (χ4n) is 3.92. The highest BCUT2D eigenvalue weighted by molar-refractivity contribution is 6.23. The van der Waals surface area contributed by atoms with Gasteiger partial charge < -0.3 is 15.0 Å². The number of nitrogens with one attached hydrogen (secondary N) is 1. The maximum Gasteiger partial charge on any atom is 0.261 e. The molecule has 1 atom stereocenters. The van der Waals surface area contributed by atoms with Crippen LogP contribution in [0, 0.1) is 0 Å². The van der Waals surface area contributed by atoms with Gasteiger partial charge in [0.05, 0.1) is 12.1 Å². The lowest BCUT2D eigenvalue weighted by Crippen LogP contribution is -2.46. The van der Waals surface area contributed by atoms with Crippen molar-refractivity contribution >= 4 is 35.0 Å². The van der Waals surface area contributed by atoms with Crippen LogP contribution in [0.4, 0.5) is 11.4 Å². The molecule has 8 nitrogen and oxygen atoms in total. The third-order valence-electron chi connectivity index (χ3n) is 5.57. The molecular formula is C27H25N3O5. The zero-order valence-corrected chi connectivity index (χ0v) is 19.2. The summed E-state index contributed by atoms with van der Waals surface area (Å²) in [5.74, 6) is -0.964. The van der Waals surface area contributed by atoms with E-state index >= 15 is 0 Å². The molecular weight excluding hydrogens is 446 g/mol. The van der Waals surface area contributed by atoms with Crippen molar-refractivity contribution in [2.45, 2.75) is 25.9 Å². The van der Waals surface area contributed by atoms with Crippen molar-refractivity contribution in [1.82, 2.24) is 4.90 Å². The molecule has 4 amide bonds. The van der Waals surface area contributed by atoms with Gasteiger partial charge in [-0.3, -0.25) is 19.2 Å². The van der Waals surface area contributed by atoms with Crippen LogP contribution in [0.25, 0.3) is 0 Å². The van der Waals surface area contributed by atoms with E-state index in [9.17, 15) is 19.2 Å². The third kappa shape index (κ3) is 5.73. The molecule has 8 heteroatoms. The number of anilines is 2. The van der Waals surface area contributed by atoms with Crippen molar-refractivity contribution in [2.24, 2.45) is 0 Å². The lowest BCUT2D eigenvalue weighted by Gasteiger charge is -2.28. The first kappa shape index (κ1) is 23.7. The largest absolute Gasteiger partial charge is 0.484 e. The number of imide groups is 1. The normalized spacial score (nSPS) is 15.1. The van der Waals surface area contributed by atoms with E-state index in [2.05, 4.69) is 5.32 Å². The molecule has 4 rings (SSSR count). The molecule has 3 aromatic rings. The van der Waals surface area contributed by atoms with Gasteiger partial charge in [-0.2, -0.15) is 0 Å². The topological polar surface area (TPSA) is 96.0 Å². The maximum atomic E-state index is 13.4. The summed E-state index contributed by atoms with van der Waals surface area (Å²) in [5.41, 5.74) is 1.76. The summed E-state index contributed by atoms with van der Waals surface area (Å²) in [7, 11) is 0. The van der Waals surface area contributed by atoms with Gasteiger partial charge in [-0.05, 0) is 42.0 Å². The van der Waals surface area contributed by atoms with Gasteiger partial charge in [-0.25, -0.2) is 4.90 Å². The summed E-state index contributed by atoms with van der Waals surface area (Å²) in [6.07, 6.45) is -0.129. The second kappa shape index (κ2) is 10.6. The number of hydrogen-bond donors (Lipinski definition) is 1. The average Bonchev–Trinajstić information content (AvgIpc) is 3.16. The Labute approximate surface area is 203 Å². The molecule has 1 unspecified atom stereocenters.